The number of aromatic amines is 1. The topological polar surface area (TPSA) is 137 Å². The predicted molar refractivity (Wildman–Crippen MR) is 146 cm³/mol. The molecule has 0 bridgehead atoms. The lowest BCUT2D eigenvalue weighted by Crippen LogP contribution is -2.32. The zero-order valence-corrected chi connectivity index (χ0v) is 22.6. The van der Waals surface area contributed by atoms with Gasteiger partial charge in [-0.1, -0.05) is 18.2 Å². The minimum Gasteiger partial charge on any atom is -0.496 e. The van der Waals surface area contributed by atoms with Crippen molar-refractivity contribution in [3.05, 3.63) is 86.9 Å². The van der Waals surface area contributed by atoms with Crippen LogP contribution in [0.1, 0.15) is 19.4 Å². The Morgan fingerprint density at radius 2 is 1.69 bits per heavy atom. The molecule has 4 aromatic rings. The molecule has 0 radical (unpaired) electrons. The van der Waals surface area contributed by atoms with Gasteiger partial charge in [-0.15, -0.1) is 0 Å². The lowest BCUT2D eigenvalue weighted by molar-refractivity contribution is -0.146. The van der Waals surface area contributed by atoms with Gasteiger partial charge in [-0.25, -0.2) is 17.6 Å². The van der Waals surface area contributed by atoms with Crippen LogP contribution in [-0.4, -0.2) is 44.4 Å². The maximum Gasteiger partial charge on any atom is 0.333 e. The summed E-state index contributed by atoms with van der Waals surface area (Å²) in [5, 5.41) is 1.34. The summed E-state index contributed by atoms with van der Waals surface area (Å²) in [6.45, 7) is 3.16. The first kappa shape index (κ1) is 27.6. The Kier molecular flexibility index (Phi) is 7.09. The van der Waals surface area contributed by atoms with E-state index >= 15 is 4.39 Å². The van der Waals surface area contributed by atoms with E-state index in [4.69, 9.17) is 9.47 Å². The van der Waals surface area contributed by atoms with Crippen molar-refractivity contribution in [3.63, 3.8) is 0 Å². The van der Waals surface area contributed by atoms with E-state index in [9.17, 15) is 22.8 Å². The number of nitrogens with one attached hydrogen (secondary N) is 2. The molecule has 204 valence electrons. The molecular weight excluding hydrogens is 529 g/mol. The maximum atomic E-state index is 16.3. The number of anilines is 1. The fourth-order valence-electron chi connectivity index (χ4n) is 4.39. The normalized spacial score (nSPS) is 11.8. The SMILES string of the molecule is COC(=O)C(C)(C)c1cc(-n2ccc(=O)[nH]c2=O)c(F)c(-c2ccc3cc(NS(C)(=O)=O)ccc3c2)c1OC. The summed E-state index contributed by atoms with van der Waals surface area (Å²) in [6, 6.07) is 12.2. The highest BCUT2D eigenvalue weighted by Gasteiger charge is 2.37. The van der Waals surface area contributed by atoms with Crippen LogP contribution < -0.4 is 20.7 Å². The molecule has 4 rings (SSSR count). The summed E-state index contributed by atoms with van der Waals surface area (Å²) >= 11 is 0. The van der Waals surface area contributed by atoms with Gasteiger partial charge in [0.25, 0.3) is 5.56 Å². The van der Waals surface area contributed by atoms with Crippen LogP contribution in [0.3, 0.4) is 0 Å². The summed E-state index contributed by atoms with van der Waals surface area (Å²) in [5.41, 5.74) is -2.12. The van der Waals surface area contributed by atoms with Crippen molar-refractivity contribution in [1.29, 1.82) is 0 Å². The summed E-state index contributed by atoms with van der Waals surface area (Å²) in [4.78, 5) is 39.1. The Morgan fingerprint density at radius 1 is 1.03 bits per heavy atom. The largest absolute Gasteiger partial charge is 0.496 e. The van der Waals surface area contributed by atoms with Crippen molar-refractivity contribution in [1.82, 2.24) is 9.55 Å². The second kappa shape index (κ2) is 10.0. The highest BCUT2D eigenvalue weighted by molar-refractivity contribution is 7.92. The Morgan fingerprint density at radius 3 is 2.31 bits per heavy atom. The number of aromatic nitrogens is 2. The molecule has 0 saturated carbocycles. The van der Waals surface area contributed by atoms with E-state index in [0.29, 0.717) is 22.0 Å². The standard InChI is InChI=1S/C27H26FN3O7S/c1-27(2,25(33)38-4)19-14-20(31-11-10-21(32)29-26(31)34)23(28)22(24(19)37-3)17-7-6-16-13-18(30-39(5,35)36)9-8-15(16)12-17/h6-14,30H,1-5H3,(H,29,32,34). The molecule has 0 amide bonds. The molecule has 0 atom stereocenters. The quantitative estimate of drug-likeness (QED) is 0.334. The van der Waals surface area contributed by atoms with Gasteiger partial charge >= 0.3 is 11.7 Å². The lowest BCUT2D eigenvalue weighted by atomic mass is 9.81. The zero-order chi connectivity index (χ0) is 28.7. The number of hydrogen-bond donors (Lipinski definition) is 2. The van der Waals surface area contributed by atoms with Crippen LogP contribution in [0.2, 0.25) is 0 Å². The van der Waals surface area contributed by atoms with E-state index in [1.165, 1.54) is 20.3 Å². The van der Waals surface area contributed by atoms with Gasteiger partial charge in [0.15, 0.2) is 5.82 Å². The number of rotatable bonds is 7. The molecule has 3 aromatic carbocycles. The molecule has 10 nitrogen and oxygen atoms in total. The van der Waals surface area contributed by atoms with Crippen molar-refractivity contribution in [2.75, 3.05) is 25.2 Å². The number of hydrogen-bond acceptors (Lipinski definition) is 7. The fraction of sp³-hybridized carbons (Fsp3) is 0.222. The first-order chi connectivity index (χ1) is 18.3. The summed E-state index contributed by atoms with van der Waals surface area (Å²) < 4.78 is 53.6. The molecule has 1 heterocycles. The molecule has 0 unspecified atom stereocenters. The number of esters is 1. The number of carbonyl (C=O) groups is 1. The van der Waals surface area contributed by atoms with Crippen molar-refractivity contribution >= 4 is 32.5 Å². The summed E-state index contributed by atoms with van der Waals surface area (Å²) in [7, 11) is -0.916. The number of halogens is 1. The number of methoxy groups -OCH3 is 2. The first-order valence-corrected chi connectivity index (χ1v) is 13.5. The second-order valence-electron chi connectivity index (χ2n) is 9.41. The average molecular weight is 556 g/mol. The van der Waals surface area contributed by atoms with Gasteiger partial charge < -0.3 is 9.47 Å². The lowest BCUT2D eigenvalue weighted by Gasteiger charge is -2.27. The minimum atomic E-state index is -3.48. The van der Waals surface area contributed by atoms with Gasteiger partial charge in [0.05, 0.1) is 37.1 Å². The van der Waals surface area contributed by atoms with E-state index in [0.717, 1.165) is 23.1 Å². The van der Waals surface area contributed by atoms with E-state index in [2.05, 4.69) is 9.71 Å². The molecule has 0 aliphatic rings. The molecule has 12 heteroatoms. The Balaban J connectivity index is 2.04. The van der Waals surface area contributed by atoms with E-state index in [1.807, 2.05) is 0 Å². The Labute approximate surface area is 223 Å². The van der Waals surface area contributed by atoms with Crippen LogP contribution in [-0.2, 0) is 25.0 Å². The smallest absolute Gasteiger partial charge is 0.333 e. The van der Waals surface area contributed by atoms with Crippen molar-refractivity contribution in [2.24, 2.45) is 0 Å². The van der Waals surface area contributed by atoms with Crippen LogP contribution in [0.25, 0.3) is 27.6 Å². The molecule has 0 fully saturated rings. The number of nitrogens with zero attached hydrogens (tertiary/aromatic N) is 1. The molecule has 0 aliphatic heterocycles. The zero-order valence-electron chi connectivity index (χ0n) is 21.8. The Bertz CT molecular complexity index is 1840. The number of benzene rings is 3. The van der Waals surface area contributed by atoms with Gasteiger partial charge in [0.2, 0.25) is 10.0 Å². The second-order valence-corrected chi connectivity index (χ2v) is 11.2. The molecule has 1 aromatic heterocycles. The van der Waals surface area contributed by atoms with Crippen molar-refractivity contribution in [3.8, 4) is 22.6 Å². The highest BCUT2D eigenvalue weighted by Crippen LogP contribution is 2.44. The van der Waals surface area contributed by atoms with Crippen LogP contribution in [0.15, 0.2) is 64.3 Å². The monoisotopic (exact) mass is 555 g/mol. The molecule has 39 heavy (non-hydrogen) atoms. The number of ether oxygens (including phenoxy) is 2. The summed E-state index contributed by atoms with van der Waals surface area (Å²) in [6.07, 6.45) is 2.19. The number of fused-ring (bicyclic) bond motifs is 1. The van der Waals surface area contributed by atoms with Crippen LogP contribution in [0.5, 0.6) is 5.75 Å². The fourth-order valence-corrected chi connectivity index (χ4v) is 4.94. The van der Waals surface area contributed by atoms with Crippen LogP contribution in [0, 0.1) is 5.82 Å². The van der Waals surface area contributed by atoms with Crippen molar-refractivity contribution in [2.45, 2.75) is 19.3 Å². The van der Waals surface area contributed by atoms with Gasteiger partial charge in [-0.3, -0.25) is 23.9 Å². The van der Waals surface area contributed by atoms with Gasteiger partial charge in [0.1, 0.15) is 5.75 Å². The van der Waals surface area contributed by atoms with Crippen LogP contribution >= 0.6 is 0 Å². The molecule has 0 spiro atoms. The minimum absolute atomic E-state index is 0.0275. The highest BCUT2D eigenvalue weighted by atomic mass is 32.2. The average Bonchev–Trinajstić information content (AvgIpc) is 2.86. The third-order valence-electron chi connectivity index (χ3n) is 6.29. The van der Waals surface area contributed by atoms with Gasteiger partial charge in [-0.2, -0.15) is 0 Å². The van der Waals surface area contributed by atoms with E-state index in [-0.39, 0.29) is 22.6 Å². The van der Waals surface area contributed by atoms with E-state index in [1.54, 1.807) is 50.2 Å². The third-order valence-corrected chi connectivity index (χ3v) is 6.89. The molecule has 0 saturated heterocycles. The van der Waals surface area contributed by atoms with Gasteiger partial charge in [0, 0.05) is 23.5 Å². The predicted octanol–water partition coefficient (Wildman–Crippen LogP) is 3.32. The van der Waals surface area contributed by atoms with Crippen LogP contribution in [0.4, 0.5) is 10.1 Å². The maximum absolute atomic E-state index is 16.3. The number of carbonyl (C=O) groups excluding carboxylic acids is 1. The van der Waals surface area contributed by atoms with Gasteiger partial charge in [-0.05, 0) is 54.4 Å². The number of H-pyrrole nitrogens is 1. The first-order valence-electron chi connectivity index (χ1n) is 11.6. The molecule has 0 aliphatic carbocycles. The van der Waals surface area contributed by atoms with E-state index < -0.39 is 38.5 Å². The third kappa shape index (κ3) is 5.28. The Hall–Kier alpha value is -4.45. The van der Waals surface area contributed by atoms with Crippen molar-refractivity contribution < 1.29 is 27.1 Å². The molecule has 2 N–H and O–H groups in total. The summed E-state index contributed by atoms with van der Waals surface area (Å²) in [5.74, 6) is -1.40. The molecular formula is C27H26FN3O7S. The number of sulfonamides is 1.